The molecular weight excluding hydrogens is 342 g/mol. The van der Waals surface area contributed by atoms with E-state index in [0.717, 1.165) is 21.5 Å². The topological polar surface area (TPSA) is 37.6 Å². The monoisotopic (exact) mass is 363 g/mol. The lowest BCUT2D eigenvalue weighted by molar-refractivity contribution is 0.0998. The van der Waals surface area contributed by atoms with Crippen LogP contribution in [-0.4, -0.2) is 24.6 Å². The van der Waals surface area contributed by atoms with Crippen LogP contribution in [0.1, 0.15) is 21.5 Å². The predicted octanol–water partition coefficient (Wildman–Crippen LogP) is 3.76. The van der Waals surface area contributed by atoms with E-state index >= 15 is 0 Å². The molecule has 26 heavy (non-hydrogen) atoms. The molecule has 0 saturated heterocycles. The minimum Gasteiger partial charge on any atom is -0.378 e. The summed E-state index contributed by atoms with van der Waals surface area (Å²) >= 11 is 1.49. The number of nitrogens with zero attached hydrogens (tertiary/aromatic N) is 3. The van der Waals surface area contributed by atoms with Gasteiger partial charge in [-0.25, -0.2) is 0 Å². The molecule has 3 aromatic rings. The molecule has 0 aliphatic rings. The fourth-order valence-electron chi connectivity index (χ4n) is 2.97. The van der Waals surface area contributed by atoms with Gasteiger partial charge in [-0.15, -0.1) is 6.42 Å². The van der Waals surface area contributed by atoms with Crippen LogP contribution in [0.3, 0.4) is 0 Å². The molecule has 1 amide bonds. The summed E-state index contributed by atoms with van der Waals surface area (Å²) in [6.45, 7) is 4.50. The lowest BCUT2D eigenvalue weighted by atomic mass is 10.1. The molecule has 0 bridgehead atoms. The first kappa shape index (κ1) is 18.0. The number of aryl methyl sites for hydroxylation is 2. The molecule has 0 N–H and O–H groups in total. The number of terminal acetylenes is 1. The molecule has 0 aliphatic heterocycles. The number of carbonyl (C=O) groups is 1. The van der Waals surface area contributed by atoms with Gasteiger partial charge in [0.05, 0.1) is 16.8 Å². The van der Waals surface area contributed by atoms with Gasteiger partial charge >= 0.3 is 0 Å². The van der Waals surface area contributed by atoms with E-state index in [1.165, 1.54) is 16.9 Å². The molecule has 0 fully saturated rings. The van der Waals surface area contributed by atoms with Crippen LogP contribution in [0.15, 0.2) is 41.4 Å². The van der Waals surface area contributed by atoms with Crippen LogP contribution in [-0.2, 0) is 6.54 Å². The van der Waals surface area contributed by atoms with Gasteiger partial charge in [-0.05, 0) is 55.3 Å². The number of hydrogen-bond acceptors (Lipinski definition) is 3. The number of rotatable bonds is 3. The fraction of sp³-hybridized carbons (Fsp3) is 0.238. The first-order valence-electron chi connectivity index (χ1n) is 8.31. The summed E-state index contributed by atoms with van der Waals surface area (Å²) in [5.74, 6) is 2.41. The molecule has 0 atom stereocenters. The van der Waals surface area contributed by atoms with Crippen molar-refractivity contribution in [3.8, 4) is 12.3 Å². The Hall–Kier alpha value is -2.84. The second kappa shape index (κ2) is 7.19. The number of aromatic nitrogens is 1. The third-order valence-electron chi connectivity index (χ3n) is 4.19. The van der Waals surface area contributed by atoms with Gasteiger partial charge in [0.25, 0.3) is 5.91 Å². The number of hydrogen-bond donors (Lipinski definition) is 0. The summed E-state index contributed by atoms with van der Waals surface area (Å²) in [5, 5.41) is 0. The Balaban J connectivity index is 2.11. The molecule has 132 valence electrons. The second-order valence-corrected chi connectivity index (χ2v) is 7.47. The predicted molar refractivity (Wildman–Crippen MR) is 109 cm³/mol. The van der Waals surface area contributed by atoms with Crippen LogP contribution < -0.4 is 9.70 Å². The van der Waals surface area contributed by atoms with Crippen LogP contribution in [0, 0.1) is 26.2 Å². The van der Waals surface area contributed by atoms with Crippen molar-refractivity contribution in [2.24, 2.45) is 4.99 Å². The normalized spacial score (nSPS) is 11.6. The molecule has 1 aromatic heterocycles. The lowest BCUT2D eigenvalue weighted by Crippen LogP contribution is -2.17. The van der Waals surface area contributed by atoms with E-state index in [2.05, 4.69) is 36.9 Å². The Kier molecular flexibility index (Phi) is 4.97. The highest BCUT2D eigenvalue weighted by molar-refractivity contribution is 7.16. The Morgan fingerprint density at radius 2 is 1.92 bits per heavy atom. The highest BCUT2D eigenvalue weighted by atomic mass is 32.1. The van der Waals surface area contributed by atoms with Gasteiger partial charge < -0.3 is 9.47 Å². The van der Waals surface area contributed by atoms with Crippen LogP contribution in [0.5, 0.6) is 0 Å². The third kappa shape index (κ3) is 3.42. The minimum absolute atomic E-state index is 0.262. The van der Waals surface area contributed by atoms with Gasteiger partial charge in [-0.2, -0.15) is 4.99 Å². The van der Waals surface area contributed by atoms with Crippen LogP contribution in [0.4, 0.5) is 5.69 Å². The number of carbonyl (C=O) groups excluding carboxylic acids is 1. The summed E-state index contributed by atoms with van der Waals surface area (Å²) in [4.78, 5) is 19.6. The van der Waals surface area contributed by atoms with E-state index in [1.807, 2.05) is 35.7 Å². The smallest absolute Gasteiger partial charge is 0.279 e. The first-order valence-corrected chi connectivity index (χ1v) is 9.13. The zero-order chi connectivity index (χ0) is 18.8. The van der Waals surface area contributed by atoms with E-state index in [-0.39, 0.29) is 5.91 Å². The van der Waals surface area contributed by atoms with Crippen molar-refractivity contribution in [1.82, 2.24) is 4.57 Å². The summed E-state index contributed by atoms with van der Waals surface area (Å²) in [5.41, 5.74) is 4.97. The maximum atomic E-state index is 12.6. The molecule has 0 aliphatic carbocycles. The van der Waals surface area contributed by atoms with Gasteiger partial charge in [0.15, 0.2) is 4.80 Å². The van der Waals surface area contributed by atoms with Crippen molar-refractivity contribution in [2.75, 3.05) is 19.0 Å². The Morgan fingerprint density at radius 1 is 1.23 bits per heavy atom. The third-order valence-corrected chi connectivity index (χ3v) is 5.21. The standard InChI is InChI=1S/C21H21N3OS/c1-6-11-24-19-15(3)12-14(2)13-18(19)26-21(24)22-20(25)16-7-9-17(10-8-16)23(4)5/h1,7-10,12-13H,11H2,2-5H3. The van der Waals surface area contributed by atoms with Gasteiger partial charge in [0.2, 0.25) is 0 Å². The van der Waals surface area contributed by atoms with Crippen molar-refractivity contribution < 1.29 is 4.79 Å². The highest BCUT2D eigenvalue weighted by Gasteiger charge is 2.11. The molecule has 0 spiro atoms. The largest absolute Gasteiger partial charge is 0.378 e. The van der Waals surface area contributed by atoms with Gasteiger partial charge in [-0.3, -0.25) is 4.79 Å². The summed E-state index contributed by atoms with van der Waals surface area (Å²) < 4.78 is 3.04. The van der Waals surface area contributed by atoms with Gasteiger partial charge in [0, 0.05) is 25.3 Å². The molecule has 0 saturated carbocycles. The maximum Gasteiger partial charge on any atom is 0.279 e. The van der Waals surface area contributed by atoms with E-state index in [0.29, 0.717) is 16.9 Å². The van der Waals surface area contributed by atoms with Crippen molar-refractivity contribution in [3.63, 3.8) is 0 Å². The molecule has 0 unspecified atom stereocenters. The van der Waals surface area contributed by atoms with Crippen molar-refractivity contribution in [2.45, 2.75) is 20.4 Å². The summed E-state index contributed by atoms with van der Waals surface area (Å²) in [7, 11) is 3.93. The Bertz CT molecular complexity index is 1080. The number of anilines is 1. The molecule has 5 heteroatoms. The van der Waals surface area contributed by atoms with E-state index < -0.39 is 0 Å². The maximum absolute atomic E-state index is 12.6. The number of benzene rings is 2. The summed E-state index contributed by atoms with van der Waals surface area (Å²) in [6.07, 6.45) is 5.55. The minimum atomic E-state index is -0.262. The molecule has 1 heterocycles. The first-order chi connectivity index (χ1) is 12.4. The van der Waals surface area contributed by atoms with E-state index in [1.54, 1.807) is 12.1 Å². The van der Waals surface area contributed by atoms with Crippen molar-refractivity contribution >= 4 is 33.1 Å². The summed E-state index contributed by atoms with van der Waals surface area (Å²) in [6, 6.07) is 11.7. The van der Waals surface area contributed by atoms with E-state index in [4.69, 9.17) is 6.42 Å². The van der Waals surface area contributed by atoms with Gasteiger partial charge in [0.1, 0.15) is 0 Å². The lowest BCUT2D eigenvalue weighted by Gasteiger charge is -2.11. The molecule has 4 nitrogen and oxygen atoms in total. The number of thiazole rings is 1. The highest BCUT2D eigenvalue weighted by Crippen LogP contribution is 2.23. The SMILES string of the molecule is C#CCn1c(=NC(=O)c2ccc(N(C)C)cc2)sc2cc(C)cc(C)c21. The van der Waals surface area contributed by atoms with Crippen LogP contribution in [0.25, 0.3) is 10.2 Å². The average molecular weight is 363 g/mol. The zero-order valence-corrected chi connectivity index (χ0v) is 16.2. The second-order valence-electron chi connectivity index (χ2n) is 6.46. The van der Waals surface area contributed by atoms with Crippen molar-refractivity contribution in [1.29, 1.82) is 0 Å². The number of amides is 1. The molecular formula is C21H21N3OS. The molecule has 0 radical (unpaired) electrons. The molecule has 2 aromatic carbocycles. The quantitative estimate of drug-likeness (QED) is 0.665. The average Bonchev–Trinajstić information content (AvgIpc) is 2.92. The zero-order valence-electron chi connectivity index (χ0n) is 15.4. The Labute approximate surface area is 157 Å². The van der Waals surface area contributed by atoms with Gasteiger partial charge in [-0.1, -0.05) is 23.3 Å². The van der Waals surface area contributed by atoms with Crippen molar-refractivity contribution in [3.05, 3.63) is 57.9 Å². The van der Waals surface area contributed by atoms with E-state index in [9.17, 15) is 4.79 Å². The fourth-order valence-corrected chi connectivity index (χ4v) is 4.17. The van der Waals surface area contributed by atoms with Crippen LogP contribution in [0.2, 0.25) is 0 Å². The number of fused-ring (bicyclic) bond motifs is 1. The molecule has 3 rings (SSSR count). The Morgan fingerprint density at radius 3 is 2.54 bits per heavy atom. The van der Waals surface area contributed by atoms with Crippen LogP contribution >= 0.6 is 11.3 Å².